The van der Waals surface area contributed by atoms with Crippen LogP contribution in [0.5, 0.6) is 0 Å². The number of nitrogens with one attached hydrogen (secondary N) is 1. The molecule has 1 unspecified atom stereocenters. The highest BCUT2D eigenvalue weighted by molar-refractivity contribution is 5.85. The summed E-state index contributed by atoms with van der Waals surface area (Å²) in [7, 11) is 2.03. The van der Waals surface area contributed by atoms with Gasteiger partial charge in [-0.1, -0.05) is 72.8 Å². The van der Waals surface area contributed by atoms with Crippen molar-refractivity contribution in [2.24, 2.45) is 0 Å². The molecule has 3 aromatic rings. The first-order chi connectivity index (χ1) is 9.88. The van der Waals surface area contributed by atoms with Crippen LogP contribution in [0.25, 0.3) is 10.8 Å². The van der Waals surface area contributed by atoms with E-state index in [0.717, 1.165) is 6.42 Å². The lowest BCUT2D eigenvalue weighted by molar-refractivity contribution is 0.594. The summed E-state index contributed by atoms with van der Waals surface area (Å²) < 4.78 is 0. The van der Waals surface area contributed by atoms with Gasteiger partial charge in [-0.05, 0) is 35.4 Å². The average molecular weight is 261 g/mol. The summed E-state index contributed by atoms with van der Waals surface area (Å²) in [6.45, 7) is 0. The van der Waals surface area contributed by atoms with E-state index in [-0.39, 0.29) is 0 Å². The molecule has 0 aliphatic carbocycles. The fourth-order valence-corrected chi connectivity index (χ4v) is 2.76. The molecule has 0 radical (unpaired) electrons. The van der Waals surface area contributed by atoms with Gasteiger partial charge in [-0.2, -0.15) is 0 Å². The average Bonchev–Trinajstić information content (AvgIpc) is 2.53. The maximum absolute atomic E-state index is 3.43. The number of rotatable bonds is 4. The van der Waals surface area contributed by atoms with E-state index in [1.165, 1.54) is 21.9 Å². The zero-order chi connectivity index (χ0) is 13.8. The van der Waals surface area contributed by atoms with Gasteiger partial charge in [0.1, 0.15) is 0 Å². The molecule has 1 N–H and O–H groups in total. The smallest absolute Gasteiger partial charge is 0.0358 e. The Balaban J connectivity index is 1.96. The number of likely N-dealkylation sites (N-methyl/N-ethyl adjacent to an activating group) is 1. The SMILES string of the molecule is CNC(Cc1cccc2ccccc12)c1ccccc1. The standard InChI is InChI=1S/C19H19N/c1-20-19(16-9-3-2-4-10-16)14-17-12-7-11-15-8-5-6-13-18(15)17/h2-13,19-20H,14H2,1H3. The third-order valence-electron chi connectivity index (χ3n) is 3.85. The van der Waals surface area contributed by atoms with Crippen LogP contribution >= 0.6 is 0 Å². The summed E-state index contributed by atoms with van der Waals surface area (Å²) in [4.78, 5) is 0. The van der Waals surface area contributed by atoms with Crippen molar-refractivity contribution in [1.82, 2.24) is 5.32 Å². The van der Waals surface area contributed by atoms with E-state index >= 15 is 0 Å². The Bertz CT molecular complexity index is 683. The number of fused-ring (bicyclic) bond motifs is 1. The molecule has 0 saturated carbocycles. The quantitative estimate of drug-likeness (QED) is 0.736. The van der Waals surface area contributed by atoms with Crippen LogP contribution in [0.1, 0.15) is 17.2 Å². The van der Waals surface area contributed by atoms with Crippen LogP contribution in [0, 0.1) is 0 Å². The highest BCUT2D eigenvalue weighted by Gasteiger charge is 2.11. The Hall–Kier alpha value is -2.12. The maximum atomic E-state index is 3.43. The molecule has 1 atom stereocenters. The first-order valence-corrected chi connectivity index (χ1v) is 7.07. The summed E-state index contributed by atoms with van der Waals surface area (Å²) in [6, 6.07) is 26.1. The predicted octanol–water partition coefficient (Wildman–Crippen LogP) is 4.34. The van der Waals surface area contributed by atoms with Crippen LogP contribution in [0.2, 0.25) is 0 Å². The molecule has 1 heteroatoms. The van der Waals surface area contributed by atoms with Crippen molar-refractivity contribution in [3.05, 3.63) is 83.9 Å². The molecule has 100 valence electrons. The van der Waals surface area contributed by atoms with Gasteiger partial charge in [0, 0.05) is 6.04 Å². The van der Waals surface area contributed by atoms with Crippen molar-refractivity contribution in [2.75, 3.05) is 7.05 Å². The fraction of sp³-hybridized carbons (Fsp3) is 0.158. The minimum atomic E-state index is 0.349. The van der Waals surface area contributed by atoms with Gasteiger partial charge in [0.05, 0.1) is 0 Å². The molecule has 1 nitrogen and oxygen atoms in total. The maximum Gasteiger partial charge on any atom is 0.0358 e. The fourth-order valence-electron chi connectivity index (χ4n) is 2.76. The van der Waals surface area contributed by atoms with Crippen LogP contribution in [-0.2, 0) is 6.42 Å². The number of hydrogen-bond acceptors (Lipinski definition) is 1. The van der Waals surface area contributed by atoms with E-state index in [1.807, 2.05) is 7.05 Å². The first-order valence-electron chi connectivity index (χ1n) is 7.07. The number of hydrogen-bond donors (Lipinski definition) is 1. The molecule has 0 heterocycles. The van der Waals surface area contributed by atoms with Gasteiger partial charge in [-0.15, -0.1) is 0 Å². The van der Waals surface area contributed by atoms with Gasteiger partial charge in [-0.3, -0.25) is 0 Å². The highest BCUT2D eigenvalue weighted by Crippen LogP contribution is 2.24. The van der Waals surface area contributed by atoms with Crippen LogP contribution in [0.15, 0.2) is 72.8 Å². The summed E-state index contributed by atoms with van der Waals surface area (Å²) in [6.07, 6.45) is 1.00. The molecule has 0 spiro atoms. The Labute approximate surface area is 120 Å². The lowest BCUT2D eigenvalue weighted by Gasteiger charge is -2.18. The Kier molecular flexibility index (Phi) is 3.80. The van der Waals surface area contributed by atoms with E-state index < -0.39 is 0 Å². The van der Waals surface area contributed by atoms with E-state index in [4.69, 9.17) is 0 Å². The van der Waals surface area contributed by atoms with Gasteiger partial charge < -0.3 is 5.32 Å². The summed E-state index contributed by atoms with van der Waals surface area (Å²) in [5.41, 5.74) is 2.73. The van der Waals surface area contributed by atoms with Crippen molar-refractivity contribution in [3.8, 4) is 0 Å². The lowest BCUT2D eigenvalue weighted by Crippen LogP contribution is -2.18. The molecule has 0 amide bonds. The topological polar surface area (TPSA) is 12.0 Å². The Morgan fingerprint density at radius 1 is 0.800 bits per heavy atom. The zero-order valence-electron chi connectivity index (χ0n) is 11.7. The minimum absolute atomic E-state index is 0.349. The van der Waals surface area contributed by atoms with Gasteiger partial charge in [0.2, 0.25) is 0 Å². The molecule has 0 bridgehead atoms. The highest BCUT2D eigenvalue weighted by atomic mass is 14.9. The monoisotopic (exact) mass is 261 g/mol. The predicted molar refractivity (Wildman–Crippen MR) is 85.9 cm³/mol. The van der Waals surface area contributed by atoms with Crippen molar-refractivity contribution in [1.29, 1.82) is 0 Å². The zero-order valence-corrected chi connectivity index (χ0v) is 11.7. The molecule has 0 saturated heterocycles. The van der Waals surface area contributed by atoms with E-state index in [1.54, 1.807) is 0 Å². The first kappa shape index (κ1) is 12.9. The van der Waals surface area contributed by atoms with Crippen LogP contribution < -0.4 is 5.32 Å². The van der Waals surface area contributed by atoms with Crippen molar-refractivity contribution < 1.29 is 0 Å². The molecule has 0 fully saturated rings. The molecule has 0 aromatic heterocycles. The second-order valence-corrected chi connectivity index (χ2v) is 5.09. The summed E-state index contributed by atoms with van der Waals surface area (Å²) >= 11 is 0. The Morgan fingerprint density at radius 3 is 2.30 bits per heavy atom. The van der Waals surface area contributed by atoms with Crippen LogP contribution in [0.3, 0.4) is 0 Å². The molecular formula is C19H19N. The van der Waals surface area contributed by atoms with Gasteiger partial charge >= 0.3 is 0 Å². The molecule has 0 aliphatic heterocycles. The van der Waals surface area contributed by atoms with Crippen LogP contribution in [-0.4, -0.2) is 7.05 Å². The summed E-state index contributed by atoms with van der Waals surface area (Å²) in [5, 5.41) is 6.10. The van der Waals surface area contributed by atoms with E-state index in [0.29, 0.717) is 6.04 Å². The second kappa shape index (κ2) is 5.89. The second-order valence-electron chi connectivity index (χ2n) is 5.09. The third-order valence-corrected chi connectivity index (χ3v) is 3.85. The van der Waals surface area contributed by atoms with Crippen molar-refractivity contribution in [2.45, 2.75) is 12.5 Å². The molecule has 3 aromatic carbocycles. The van der Waals surface area contributed by atoms with Crippen molar-refractivity contribution >= 4 is 10.8 Å². The van der Waals surface area contributed by atoms with Gasteiger partial charge in [0.15, 0.2) is 0 Å². The molecule has 3 rings (SSSR count). The van der Waals surface area contributed by atoms with Crippen molar-refractivity contribution in [3.63, 3.8) is 0 Å². The van der Waals surface area contributed by atoms with Gasteiger partial charge in [0.25, 0.3) is 0 Å². The molecule has 0 aliphatic rings. The number of benzene rings is 3. The van der Waals surface area contributed by atoms with Gasteiger partial charge in [-0.25, -0.2) is 0 Å². The summed E-state index contributed by atoms with van der Waals surface area (Å²) in [5.74, 6) is 0. The lowest BCUT2D eigenvalue weighted by atomic mass is 9.95. The minimum Gasteiger partial charge on any atom is -0.313 e. The largest absolute Gasteiger partial charge is 0.313 e. The van der Waals surface area contributed by atoms with E-state index in [9.17, 15) is 0 Å². The molecule has 20 heavy (non-hydrogen) atoms. The molecular weight excluding hydrogens is 242 g/mol. The third kappa shape index (κ3) is 2.59. The van der Waals surface area contributed by atoms with E-state index in [2.05, 4.69) is 78.1 Å². The normalized spacial score (nSPS) is 12.4. The van der Waals surface area contributed by atoms with Crippen LogP contribution in [0.4, 0.5) is 0 Å². The Morgan fingerprint density at radius 2 is 1.50 bits per heavy atom.